The molecule has 0 atom stereocenters. The first-order valence-corrected chi connectivity index (χ1v) is 8.89. The minimum Gasteiger partial charge on any atom is -0.462 e. The summed E-state index contributed by atoms with van der Waals surface area (Å²) in [6, 6.07) is 3.70. The van der Waals surface area contributed by atoms with Crippen molar-refractivity contribution in [2.24, 2.45) is 0 Å². The van der Waals surface area contributed by atoms with Gasteiger partial charge >= 0.3 is 5.97 Å². The number of esters is 1. The highest BCUT2D eigenvalue weighted by Gasteiger charge is 2.27. The molecular weight excluding hydrogens is 404 g/mol. The number of nitriles is 1. The smallest absolute Gasteiger partial charge is 0.348 e. The van der Waals surface area contributed by atoms with Crippen LogP contribution >= 0.6 is 11.3 Å². The third kappa shape index (κ3) is 4.19. The normalized spacial score (nSPS) is 10.1. The Balaban J connectivity index is 2.49. The molecule has 0 aliphatic carbocycles. The minimum absolute atomic E-state index is 0.0301. The van der Waals surface area contributed by atoms with Crippen molar-refractivity contribution in [1.82, 2.24) is 0 Å². The lowest BCUT2D eigenvalue weighted by Gasteiger charge is -2.06. The Morgan fingerprint density at radius 2 is 1.72 bits per heavy atom. The van der Waals surface area contributed by atoms with Crippen LogP contribution in [0.1, 0.15) is 43.6 Å². The standard InChI is InChI=1S/C17H14N4O7S/c1-4-28-17(23)14-8(2)11(7-18)16(29-14)19-15(22)10-5-12(20(24)25)9(3)13(6-10)21(26)27/h5-6H,4H2,1-3H3,(H,19,22). The van der Waals surface area contributed by atoms with Gasteiger partial charge in [0.05, 0.1) is 27.6 Å². The monoisotopic (exact) mass is 418 g/mol. The number of thiophene rings is 1. The molecule has 2 aromatic rings. The van der Waals surface area contributed by atoms with Crippen LogP contribution in [0.3, 0.4) is 0 Å². The Kier molecular flexibility index (Phi) is 6.25. The van der Waals surface area contributed by atoms with E-state index >= 15 is 0 Å². The van der Waals surface area contributed by atoms with Crippen LogP contribution < -0.4 is 5.32 Å². The second kappa shape index (κ2) is 8.44. The van der Waals surface area contributed by atoms with Gasteiger partial charge in [-0.1, -0.05) is 0 Å². The molecule has 0 saturated heterocycles. The van der Waals surface area contributed by atoms with E-state index in [-0.39, 0.29) is 33.2 Å². The SMILES string of the molecule is CCOC(=O)c1sc(NC(=O)c2cc([N+](=O)[O-])c(C)c([N+](=O)[O-])c2)c(C#N)c1C. The highest BCUT2D eigenvalue weighted by molar-refractivity contribution is 7.18. The molecule has 0 bridgehead atoms. The maximum Gasteiger partial charge on any atom is 0.348 e. The van der Waals surface area contributed by atoms with Crippen molar-refractivity contribution < 1.29 is 24.2 Å². The van der Waals surface area contributed by atoms with E-state index in [4.69, 9.17) is 4.74 Å². The molecule has 0 saturated carbocycles. The van der Waals surface area contributed by atoms with Gasteiger partial charge in [0.2, 0.25) is 0 Å². The number of nitrogens with zero attached hydrogens (tertiary/aromatic N) is 3. The van der Waals surface area contributed by atoms with Gasteiger partial charge in [-0.3, -0.25) is 25.0 Å². The van der Waals surface area contributed by atoms with E-state index in [0.717, 1.165) is 23.5 Å². The molecule has 1 aromatic heterocycles. The van der Waals surface area contributed by atoms with Gasteiger partial charge in [-0.15, -0.1) is 11.3 Å². The van der Waals surface area contributed by atoms with E-state index in [0.29, 0.717) is 5.56 Å². The summed E-state index contributed by atoms with van der Waals surface area (Å²) in [5.41, 5.74) is -1.35. The Morgan fingerprint density at radius 3 is 2.17 bits per heavy atom. The summed E-state index contributed by atoms with van der Waals surface area (Å²) in [6.45, 7) is 4.46. The molecule has 0 radical (unpaired) electrons. The Morgan fingerprint density at radius 1 is 1.17 bits per heavy atom. The third-order valence-corrected chi connectivity index (χ3v) is 5.14. The Labute approximate surface area is 167 Å². The molecule has 0 aliphatic rings. The molecule has 0 aliphatic heterocycles. The zero-order chi connectivity index (χ0) is 21.9. The number of nitro benzene ring substituents is 2. The summed E-state index contributed by atoms with van der Waals surface area (Å²) in [7, 11) is 0. The van der Waals surface area contributed by atoms with Gasteiger partial charge in [-0.05, 0) is 26.3 Å². The molecular formula is C17H14N4O7S. The van der Waals surface area contributed by atoms with E-state index in [2.05, 4.69) is 5.32 Å². The van der Waals surface area contributed by atoms with Gasteiger partial charge in [0.15, 0.2) is 0 Å². The van der Waals surface area contributed by atoms with Crippen LogP contribution in [-0.4, -0.2) is 28.3 Å². The van der Waals surface area contributed by atoms with Crippen LogP contribution in [0.25, 0.3) is 0 Å². The Bertz CT molecular complexity index is 1050. The summed E-state index contributed by atoms with van der Waals surface area (Å²) in [5, 5.41) is 34.1. The molecule has 1 amide bonds. The predicted octanol–water partition coefficient (Wildman–Crippen LogP) is 3.48. The van der Waals surface area contributed by atoms with Gasteiger partial charge < -0.3 is 10.1 Å². The number of carbonyl (C=O) groups is 2. The van der Waals surface area contributed by atoms with Gasteiger partial charge in [-0.2, -0.15) is 5.26 Å². The number of anilines is 1. The molecule has 0 fully saturated rings. The average Bonchev–Trinajstić information content (AvgIpc) is 2.96. The second-order valence-electron chi connectivity index (χ2n) is 5.70. The number of hydrogen-bond donors (Lipinski definition) is 1. The van der Waals surface area contributed by atoms with Crippen LogP contribution in [0, 0.1) is 45.4 Å². The molecule has 12 heteroatoms. The summed E-state index contributed by atoms with van der Waals surface area (Å²) in [5.74, 6) is -1.56. The first kappa shape index (κ1) is 21.5. The maximum atomic E-state index is 12.6. The van der Waals surface area contributed by atoms with Crippen LogP contribution in [0.4, 0.5) is 16.4 Å². The van der Waals surface area contributed by atoms with E-state index in [9.17, 15) is 35.1 Å². The van der Waals surface area contributed by atoms with E-state index in [1.165, 1.54) is 13.8 Å². The van der Waals surface area contributed by atoms with E-state index < -0.39 is 33.1 Å². The molecule has 1 N–H and O–H groups in total. The van der Waals surface area contributed by atoms with Crippen molar-refractivity contribution in [2.75, 3.05) is 11.9 Å². The number of amides is 1. The van der Waals surface area contributed by atoms with Crippen molar-refractivity contribution in [3.8, 4) is 6.07 Å². The lowest BCUT2D eigenvalue weighted by molar-refractivity contribution is -0.395. The van der Waals surface area contributed by atoms with Gasteiger partial charge in [0.25, 0.3) is 17.3 Å². The van der Waals surface area contributed by atoms with Crippen molar-refractivity contribution in [3.05, 3.63) is 59.5 Å². The van der Waals surface area contributed by atoms with Crippen molar-refractivity contribution >= 4 is 39.6 Å². The number of rotatable bonds is 6. The number of ether oxygens (including phenoxy) is 1. The molecule has 0 spiro atoms. The first-order valence-electron chi connectivity index (χ1n) is 8.07. The number of nitrogens with one attached hydrogen (secondary N) is 1. The fourth-order valence-corrected chi connectivity index (χ4v) is 3.54. The zero-order valence-electron chi connectivity index (χ0n) is 15.5. The fraction of sp³-hybridized carbons (Fsp3) is 0.235. The summed E-state index contributed by atoms with van der Waals surface area (Å²) in [4.78, 5) is 45.4. The number of benzene rings is 1. The van der Waals surface area contributed by atoms with Crippen molar-refractivity contribution in [1.29, 1.82) is 5.26 Å². The van der Waals surface area contributed by atoms with Gasteiger partial charge in [0.1, 0.15) is 21.5 Å². The predicted molar refractivity (Wildman–Crippen MR) is 102 cm³/mol. The molecule has 2 rings (SSSR count). The quantitative estimate of drug-likeness (QED) is 0.423. The van der Waals surface area contributed by atoms with Crippen LogP contribution in [-0.2, 0) is 4.74 Å². The average molecular weight is 418 g/mol. The second-order valence-corrected chi connectivity index (χ2v) is 6.72. The molecule has 11 nitrogen and oxygen atoms in total. The molecule has 0 unspecified atom stereocenters. The molecule has 150 valence electrons. The number of hydrogen-bond acceptors (Lipinski definition) is 9. The lowest BCUT2D eigenvalue weighted by Crippen LogP contribution is -2.13. The van der Waals surface area contributed by atoms with Crippen LogP contribution in [0.2, 0.25) is 0 Å². The Hall–Kier alpha value is -3.85. The number of nitro groups is 2. The lowest BCUT2D eigenvalue weighted by atomic mass is 10.1. The summed E-state index contributed by atoms with van der Waals surface area (Å²) in [6.07, 6.45) is 0. The first-order chi connectivity index (χ1) is 13.6. The van der Waals surface area contributed by atoms with E-state index in [1.54, 1.807) is 6.92 Å². The van der Waals surface area contributed by atoms with Gasteiger partial charge in [-0.25, -0.2) is 4.79 Å². The topological polar surface area (TPSA) is 165 Å². The summed E-state index contributed by atoms with van der Waals surface area (Å²) < 4.78 is 4.91. The summed E-state index contributed by atoms with van der Waals surface area (Å²) >= 11 is 0.809. The largest absolute Gasteiger partial charge is 0.462 e. The van der Waals surface area contributed by atoms with Crippen LogP contribution in [0.15, 0.2) is 12.1 Å². The molecule has 1 aromatic carbocycles. The number of carbonyl (C=O) groups excluding carboxylic acids is 2. The fourth-order valence-electron chi connectivity index (χ4n) is 2.50. The maximum absolute atomic E-state index is 12.6. The molecule has 29 heavy (non-hydrogen) atoms. The third-order valence-electron chi connectivity index (χ3n) is 3.95. The highest BCUT2D eigenvalue weighted by Crippen LogP contribution is 2.34. The van der Waals surface area contributed by atoms with Gasteiger partial charge in [0, 0.05) is 12.1 Å². The zero-order valence-corrected chi connectivity index (χ0v) is 16.3. The van der Waals surface area contributed by atoms with Crippen molar-refractivity contribution in [3.63, 3.8) is 0 Å². The minimum atomic E-state index is -0.899. The highest BCUT2D eigenvalue weighted by atomic mass is 32.1. The molecule has 1 heterocycles. The van der Waals surface area contributed by atoms with E-state index in [1.807, 2.05) is 6.07 Å². The van der Waals surface area contributed by atoms with Crippen LogP contribution in [0.5, 0.6) is 0 Å². The van der Waals surface area contributed by atoms with Crippen molar-refractivity contribution in [2.45, 2.75) is 20.8 Å².